The van der Waals surface area contributed by atoms with Crippen molar-refractivity contribution in [1.82, 2.24) is 4.98 Å². The lowest BCUT2D eigenvalue weighted by molar-refractivity contribution is 0.0807. The van der Waals surface area contributed by atoms with Crippen LogP contribution in [-0.4, -0.2) is 42.5 Å². The number of aliphatic hydroxyl groups is 1. The molecule has 0 saturated carbocycles. The Labute approximate surface area is 136 Å². The first-order valence-electron chi connectivity index (χ1n) is 7.90. The minimum Gasteiger partial charge on any atom is -0.391 e. The molecule has 0 unspecified atom stereocenters. The molecule has 1 aromatic rings. The zero-order valence-electron chi connectivity index (χ0n) is 12.6. The molecule has 2 saturated heterocycles. The number of β-amino-alcohol motifs (C(OH)–C–C–N with tert-alkyl or cyclic N) is 1. The summed E-state index contributed by atoms with van der Waals surface area (Å²) in [7, 11) is 0. The molecule has 0 bridgehead atoms. The van der Waals surface area contributed by atoms with Crippen LogP contribution in [0.1, 0.15) is 31.2 Å². The molecule has 2 aliphatic heterocycles. The molecule has 5 heteroatoms. The van der Waals surface area contributed by atoms with Gasteiger partial charge in [0.2, 0.25) is 0 Å². The summed E-state index contributed by atoms with van der Waals surface area (Å²) in [5.74, 6) is 7.01. The first-order valence-corrected chi connectivity index (χ1v) is 8.28. The third kappa shape index (κ3) is 3.92. The van der Waals surface area contributed by atoms with Crippen LogP contribution in [0.15, 0.2) is 12.3 Å². The molecule has 118 valence electrons. The third-order valence-corrected chi connectivity index (χ3v) is 4.42. The van der Waals surface area contributed by atoms with Gasteiger partial charge in [-0.2, -0.15) is 0 Å². The lowest BCUT2D eigenvalue weighted by Gasteiger charge is -2.32. The Hall–Kier alpha value is -1.28. The van der Waals surface area contributed by atoms with E-state index in [0.717, 1.165) is 56.7 Å². The molecule has 1 aromatic heterocycles. The van der Waals surface area contributed by atoms with Crippen molar-refractivity contribution in [2.45, 2.75) is 31.8 Å². The minimum atomic E-state index is -0.281. The van der Waals surface area contributed by atoms with E-state index in [2.05, 4.69) is 21.7 Å². The maximum Gasteiger partial charge on any atom is 0.131 e. The maximum atomic E-state index is 9.89. The first kappa shape index (κ1) is 15.6. The van der Waals surface area contributed by atoms with Crippen LogP contribution in [-0.2, 0) is 4.74 Å². The summed E-state index contributed by atoms with van der Waals surface area (Å²) >= 11 is 6.06. The molecule has 0 aromatic carbocycles. The zero-order valence-corrected chi connectivity index (χ0v) is 13.4. The summed E-state index contributed by atoms with van der Waals surface area (Å²) in [5, 5.41) is 10.4. The Bertz CT molecular complexity index is 576. The van der Waals surface area contributed by atoms with E-state index >= 15 is 0 Å². The average molecular weight is 321 g/mol. The van der Waals surface area contributed by atoms with Crippen LogP contribution in [0.25, 0.3) is 0 Å². The molecule has 0 spiro atoms. The van der Waals surface area contributed by atoms with E-state index in [4.69, 9.17) is 16.3 Å². The van der Waals surface area contributed by atoms with E-state index in [9.17, 15) is 5.11 Å². The number of rotatable bonds is 1. The molecule has 1 atom stereocenters. The number of anilines is 1. The number of halogens is 1. The highest BCUT2D eigenvalue weighted by Crippen LogP contribution is 2.26. The van der Waals surface area contributed by atoms with Gasteiger partial charge in [-0.1, -0.05) is 23.4 Å². The van der Waals surface area contributed by atoms with Crippen molar-refractivity contribution in [2.24, 2.45) is 5.92 Å². The summed E-state index contributed by atoms with van der Waals surface area (Å²) in [6.07, 6.45) is 5.28. The van der Waals surface area contributed by atoms with Gasteiger partial charge < -0.3 is 14.7 Å². The molecular formula is C17H21ClN2O2. The van der Waals surface area contributed by atoms with Crippen molar-refractivity contribution >= 4 is 17.3 Å². The van der Waals surface area contributed by atoms with Gasteiger partial charge in [0.15, 0.2) is 0 Å². The van der Waals surface area contributed by atoms with Crippen LogP contribution in [0.2, 0.25) is 5.15 Å². The fraction of sp³-hybridized carbons (Fsp3) is 0.588. The van der Waals surface area contributed by atoms with Gasteiger partial charge in [-0.3, -0.25) is 0 Å². The van der Waals surface area contributed by atoms with Crippen molar-refractivity contribution in [3.63, 3.8) is 0 Å². The van der Waals surface area contributed by atoms with Crippen LogP contribution in [0.4, 0.5) is 5.69 Å². The summed E-state index contributed by atoms with van der Waals surface area (Å²) < 4.78 is 5.36. The lowest BCUT2D eigenvalue weighted by atomic mass is 10.0. The number of ether oxygens (including phenoxy) is 1. The molecule has 3 heterocycles. The Kier molecular flexibility index (Phi) is 5.20. The van der Waals surface area contributed by atoms with E-state index in [1.165, 1.54) is 0 Å². The van der Waals surface area contributed by atoms with E-state index in [1.807, 2.05) is 6.07 Å². The topological polar surface area (TPSA) is 45.6 Å². The second kappa shape index (κ2) is 7.32. The smallest absolute Gasteiger partial charge is 0.131 e. The van der Waals surface area contributed by atoms with Crippen molar-refractivity contribution in [2.75, 3.05) is 31.2 Å². The van der Waals surface area contributed by atoms with Gasteiger partial charge in [-0.15, -0.1) is 0 Å². The fourth-order valence-electron chi connectivity index (χ4n) is 2.97. The number of hydrogen-bond donors (Lipinski definition) is 1. The Morgan fingerprint density at radius 2 is 2.14 bits per heavy atom. The van der Waals surface area contributed by atoms with Crippen LogP contribution in [0, 0.1) is 17.8 Å². The quantitative estimate of drug-likeness (QED) is 0.638. The molecule has 0 amide bonds. The second-order valence-corrected chi connectivity index (χ2v) is 6.31. The summed E-state index contributed by atoms with van der Waals surface area (Å²) in [5.41, 5.74) is 1.88. The highest BCUT2D eigenvalue weighted by Gasteiger charge is 2.20. The van der Waals surface area contributed by atoms with Crippen LogP contribution in [0.5, 0.6) is 0 Å². The number of pyridine rings is 1. The number of piperidine rings is 1. The maximum absolute atomic E-state index is 9.89. The van der Waals surface area contributed by atoms with Gasteiger partial charge in [0.05, 0.1) is 17.4 Å². The van der Waals surface area contributed by atoms with Gasteiger partial charge in [-0.25, -0.2) is 4.98 Å². The Balaban J connectivity index is 1.82. The van der Waals surface area contributed by atoms with Gasteiger partial charge >= 0.3 is 0 Å². The molecule has 2 fully saturated rings. The average Bonchev–Trinajstić information content (AvgIpc) is 2.54. The van der Waals surface area contributed by atoms with Crippen molar-refractivity contribution in [3.05, 3.63) is 23.0 Å². The third-order valence-electron chi connectivity index (χ3n) is 4.22. The molecule has 1 N–H and O–H groups in total. The van der Waals surface area contributed by atoms with Crippen molar-refractivity contribution < 1.29 is 9.84 Å². The predicted molar refractivity (Wildman–Crippen MR) is 87.1 cm³/mol. The summed E-state index contributed by atoms with van der Waals surface area (Å²) in [6, 6.07) is 1.85. The molecule has 22 heavy (non-hydrogen) atoms. The van der Waals surface area contributed by atoms with E-state index in [0.29, 0.717) is 17.6 Å². The van der Waals surface area contributed by atoms with Crippen LogP contribution >= 0.6 is 11.6 Å². The Morgan fingerprint density at radius 1 is 1.32 bits per heavy atom. The van der Waals surface area contributed by atoms with Crippen LogP contribution < -0.4 is 4.90 Å². The molecule has 3 rings (SSSR count). The zero-order chi connectivity index (χ0) is 15.4. The predicted octanol–water partition coefficient (Wildman–Crippen LogP) is 2.47. The molecule has 4 nitrogen and oxygen atoms in total. The second-order valence-electron chi connectivity index (χ2n) is 5.92. The molecular weight excluding hydrogens is 300 g/mol. The highest BCUT2D eigenvalue weighted by atomic mass is 35.5. The van der Waals surface area contributed by atoms with Crippen LogP contribution in [0.3, 0.4) is 0 Å². The SMILES string of the molecule is O[C@H]1CCCN(c2cc(Cl)ncc2C#CC2CCOCC2)C1. The largest absolute Gasteiger partial charge is 0.391 e. The van der Waals surface area contributed by atoms with Gasteiger partial charge in [0.1, 0.15) is 5.15 Å². The number of aromatic nitrogens is 1. The van der Waals surface area contributed by atoms with E-state index in [1.54, 1.807) is 6.20 Å². The normalized spacial score (nSPS) is 23.0. The number of aliphatic hydroxyl groups excluding tert-OH is 1. The molecule has 0 aliphatic carbocycles. The number of hydrogen-bond acceptors (Lipinski definition) is 4. The van der Waals surface area contributed by atoms with Crippen molar-refractivity contribution in [1.29, 1.82) is 0 Å². The Morgan fingerprint density at radius 3 is 2.91 bits per heavy atom. The fourth-order valence-corrected chi connectivity index (χ4v) is 3.13. The van der Waals surface area contributed by atoms with Crippen molar-refractivity contribution in [3.8, 4) is 11.8 Å². The summed E-state index contributed by atoms with van der Waals surface area (Å²) in [6.45, 7) is 3.14. The lowest BCUT2D eigenvalue weighted by Crippen LogP contribution is -2.38. The van der Waals surface area contributed by atoms with Gasteiger partial charge in [-0.05, 0) is 25.7 Å². The molecule has 0 radical (unpaired) electrons. The van der Waals surface area contributed by atoms with E-state index < -0.39 is 0 Å². The van der Waals surface area contributed by atoms with Gasteiger partial charge in [0, 0.05) is 44.5 Å². The number of nitrogens with zero attached hydrogens (tertiary/aromatic N) is 2. The summed E-state index contributed by atoms with van der Waals surface area (Å²) in [4.78, 5) is 6.33. The first-order chi connectivity index (χ1) is 10.7. The minimum absolute atomic E-state index is 0.281. The van der Waals surface area contributed by atoms with E-state index in [-0.39, 0.29) is 6.10 Å². The molecule has 2 aliphatic rings. The monoisotopic (exact) mass is 320 g/mol. The van der Waals surface area contributed by atoms with Gasteiger partial charge in [0.25, 0.3) is 0 Å². The standard InChI is InChI=1S/C17H21ClN2O2/c18-17-10-16(20-7-1-2-15(21)12-20)14(11-19-17)4-3-13-5-8-22-9-6-13/h10-11,13,15,21H,1-2,5-9,12H2/t15-/m0/s1. The highest BCUT2D eigenvalue weighted by molar-refractivity contribution is 6.29.